The van der Waals surface area contributed by atoms with Crippen LogP contribution in [0.4, 0.5) is 5.95 Å². The first-order valence-corrected chi connectivity index (χ1v) is 9.57. The van der Waals surface area contributed by atoms with Crippen LogP contribution in [0.3, 0.4) is 0 Å². The van der Waals surface area contributed by atoms with Gasteiger partial charge < -0.3 is 15.4 Å². The molecule has 11 heteroatoms. The lowest BCUT2D eigenvalue weighted by atomic mass is 10.2. The van der Waals surface area contributed by atoms with Crippen molar-refractivity contribution in [2.45, 2.75) is 31.8 Å². The molecular formula is C19H19N9O2. The van der Waals surface area contributed by atoms with E-state index in [1.165, 1.54) is 0 Å². The first kappa shape index (κ1) is 18.0. The molecule has 0 saturated heterocycles. The molecule has 4 heterocycles. The Labute approximate surface area is 169 Å². The number of pyridine rings is 1. The SMILES string of the molecule is C[C@H](Nc1nc(=NC2CC2)n2nc/c(=C/c3[nH]c(=O)[nH]c3O)c2n1)c1ccccn1. The molecule has 1 fully saturated rings. The molecule has 0 spiro atoms. The lowest BCUT2D eigenvalue weighted by Gasteiger charge is -2.13. The number of hydrogen-bond acceptors (Lipinski definition) is 8. The first-order valence-electron chi connectivity index (χ1n) is 9.57. The number of aromatic hydroxyl groups is 1. The average molecular weight is 405 g/mol. The number of nitrogens with one attached hydrogen (secondary N) is 3. The average Bonchev–Trinajstić information content (AvgIpc) is 3.37. The minimum atomic E-state index is -0.499. The van der Waals surface area contributed by atoms with Gasteiger partial charge in [0.05, 0.1) is 24.0 Å². The summed E-state index contributed by atoms with van der Waals surface area (Å²) in [5.41, 5.74) is 1.55. The molecule has 4 aromatic rings. The van der Waals surface area contributed by atoms with Crippen molar-refractivity contribution in [3.8, 4) is 5.88 Å². The summed E-state index contributed by atoms with van der Waals surface area (Å²) >= 11 is 0. The Morgan fingerprint density at radius 2 is 2.20 bits per heavy atom. The summed E-state index contributed by atoms with van der Waals surface area (Å²) in [6.07, 6.45) is 6.97. The van der Waals surface area contributed by atoms with Gasteiger partial charge in [-0.3, -0.25) is 9.97 Å². The van der Waals surface area contributed by atoms with Crippen LogP contribution in [-0.4, -0.2) is 45.7 Å². The van der Waals surface area contributed by atoms with E-state index in [4.69, 9.17) is 0 Å². The lowest BCUT2D eigenvalue weighted by molar-refractivity contribution is 0.454. The number of anilines is 1. The van der Waals surface area contributed by atoms with Crippen LogP contribution in [0.25, 0.3) is 11.7 Å². The van der Waals surface area contributed by atoms with Crippen molar-refractivity contribution >= 4 is 17.7 Å². The summed E-state index contributed by atoms with van der Waals surface area (Å²) in [5.74, 6) is 0.139. The maximum absolute atomic E-state index is 11.4. The summed E-state index contributed by atoms with van der Waals surface area (Å²) in [5, 5.41) is 18.1. The van der Waals surface area contributed by atoms with Crippen LogP contribution in [0, 0.1) is 0 Å². The van der Waals surface area contributed by atoms with Gasteiger partial charge >= 0.3 is 5.69 Å². The van der Waals surface area contributed by atoms with E-state index in [0.717, 1.165) is 18.5 Å². The van der Waals surface area contributed by atoms with E-state index in [1.807, 2.05) is 25.1 Å². The molecule has 0 aliphatic heterocycles. The van der Waals surface area contributed by atoms with Crippen LogP contribution in [-0.2, 0) is 0 Å². The van der Waals surface area contributed by atoms with Gasteiger partial charge in [0.2, 0.25) is 11.8 Å². The molecule has 1 saturated carbocycles. The molecule has 4 aromatic heterocycles. The van der Waals surface area contributed by atoms with Crippen molar-refractivity contribution < 1.29 is 5.11 Å². The van der Waals surface area contributed by atoms with E-state index >= 15 is 0 Å². The van der Waals surface area contributed by atoms with E-state index in [1.54, 1.807) is 23.0 Å². The first-order chi connectivity index (χ1) is 14.6. The molecule has 1 aliphatic carbocycles. The van der Waals surface area contributed by atoms with E-state index in [0.29, 0.717) is 22.4 Å². The summed E-state index contributed by atoms with van der Waals surface area (Å²) in [7, 11) is 0. The molecule has 0 radical (unpaired) electrons. The molecule has 0 amide bonds. The Bertz CT molecular complexity index is 1380. The number of fused-ring (bicyclic) bond motifs is 1. The van der Waals surface area contributed by atoms with E-state index in [9.17, 15) is 9.90 Å². The van der Waals surface area contributed by atoms with Crippen molar-refractivity contribution in [2.24, 2.45) is 4.99 Å². The quantitative estimate of drug-likeness (QED) is 0.366. The highest BCUT2D eigenvalue weighted by molar-refractivity contribution is 5.57. The standard InChI is InChI=1S/C19H19N9O2/c1-10(13-4-2-3-7-20-13)22-17-25-15-11(8-14-16(29)26-19(30)24-14)9-21-28(15)18(27-17)23-12-5-6-12/h2-4,7-10,12,29H,5-6H2,1H3,(H,22,23,27)(H2,24,26,30)/b11-8-/t10-/m0/s1. The fourth-order valence-corrected chi connectivity index (χ4v) is 3.04. The summed E-state index contributed by atoms with van der Waals surface area (Å²) in [6, 6.07) is 5.83. The van der Waals surface area contributed by atoms with Crippen molar-refractivity contribution in [1.82, 2.24) is 34.5 Å². The highest BCUT2D eigenvalue weighted by atomic mass is 16.3. The third-order valence-electron chi connectivity index (χ3n) is 4.74. The van der Waals surface area contributed by atoms with Crippen LogP contribution < -0.4 is 21.8 Å². The smallest absolute Gasteiger partial charge is 0.326 e. The molecule has 0 aromatic carbocycles. The topological polar surface area (TPSA) is 149 Å². The number of nitrogens with zero attached hydrogens (tertiary/aromatic N) is 6. The summed E-state index contributed by atoms with van der Waals surface area (Å²) in [6.45, 7) is 1.97. The number of aromatic amines is 2. The van der Waals surface area contributed by atoms with Crippen molar-refractivity contribution in [2.75, 3.05) is 5.32 Å². The molecule has 4 N–H and O–H groups in total. The van der Waals surface area contributed by atoms with Crippen LogP contribution in [0.15, 0.2) is 40.4 Å². The van der Waals surface area contributed by atoms with Crippen LogP contribution in [0.1, 0.15) is 37.2 Å². The molecule has 0 bridgehead atoms. The van der Waals surface area contributed by atoms with Gasteiger partial charge in [-0.05, 0) is 38.0 Å². The van der Waals surface area contributed by atoms with Gasteiger partial charge in [-0.15, -0.1) is 0 Å². The van der Waals surface area contributed by atoms with E-state index < -0.39 is 5.69 Å². The fraction of sp³-hybridized carbons (Fsp3) is 0.263. The predicted molar refractivity (Wildman–Crippen MR) is 108 cm³/mol. The molecule has 0 unspecified atom stereocenters. The Kier molecular flexibility index (Phi) is 4.27. The van der Waals surface area contributed by atoms with Gasteiger partial charge in [-0.1, -0.05) is 6.07 Å². The van der Waals surface area contributed by atoms with Gasteiger partial charge in [0.1, 0.15) is 5.69 Å². The van der Waals surface area contributed by atoms with Crippen LogP contribution >= 0.6 is 0 Å². The monoisotopic (exact) mass is 405 g/mol. The maximum atomic E-state index is 11.4. The summed E-state index contributed by atoms with van der Waals surface area (Å²) in [4.78, 5) is 34.4. The van der Waals surface area contributed by atoms with E-state index in [-0.39, 0.29) is 23.7 Å². The second-order valence-electron chi connectivity index (χ2n) is 7.15. The Morgan fingerprint density at radius 3 is 2.90 bits per heavy atom. The van der Waals surface area contributed by atoms with E-state index in [2.05, 4.69) is 40.3 Å². The Balaban J connectivity index is 1.63. The molecule has 1 aliphatic rings. The molecule has 1 atom stereocenters. The molecule has 5 rings (SSSR count). The zero-order valence-electron chi connectivity index (χ0n) is 16.1. The second kappa shape index (κ2) is 7.10. The van der Waals surface area contributed by atoms with Gasteiger partial charge in [0, 0.05) is 11.4 Å². The van der Waals surface area contributed by atoms with Gasteiger partial charge in [-0.25, -0.2) is 9.79 Å². The third-order valence-corrected chi connectivity index (χ3v) is 4.74. The summed E-state index contributed by atoms with van der Waals surface area (Å²) < 4.78 is 1.56. The molecule has 11 nitrogen and oxygen atoms in total. The predicted octanol–water partition coefficient (Wildman–Crippen LogP) is 0.0252. The normalized spacial score (nSPS) is 16.3. The number of imidazole rings is 1. The number of hydrogen-bond donors (Lipinski definition) is 4. The largest absolute Gasteiger partial charge is 0.493 e. The zero-order chi connectivity index (χ0) is 20.7. The van der Waals surface area contributed by atoms with Gasteiger partial charge in [0.15, 0.2) is 5.65 Å². The van der Waals surface area contributed by atoms with Crippen molar-refractivity contribution in [3.05, 3.63) is 63.3 Å². The highest BCUT2D eigenvalue weighted by Gasteiger charge is 2.21. The third kappa shape index (κ3) is 3.52. The minimum absolute atomic E-state index is 0.122. The maximum Gasteiger partial charge on any atom is 0.326 e. The Hall–Kier alpha value is -4.02. The number of H-pyrrole nitrogens is 2. The molecular weight excluding hydrogens is 386 g/mol. The fourth-order valence-electron chi connectivity index (χ4n) is 3.04. The van der Waals surface area contributed by atoms with Gasteiger partial charge in [-0.2, -0.15) is 19.6 Å². The van der Waals surface area contributed by atoms with Crippen molar-refractivity contribution in [1.29, 1.82) is 0 Å². The van der Waals surface area contributed by atoms with Gasteiger partial charge in [0.25, 0.3) is 5.62 Å². The number of aromatic nitrogens is 7. The molecule has 30 heavy (non-hydrogen) atoms. The van der Waals surface area contributed by atoms with Crippen LogP contribution in [0.5, 0.6) is 5.88 Å². The van der Waals surface area contributed by atoms with Crippen LogP contribution in [0.2, 0.25) is 0 Å². The van der Waals surface area contributed by atoms with Crippen molar-refractivity contribution in [3.63, 3.8) is 0 Å². The number of rotatable bonds is 5. The molecule has 152 valence electrons. The highest BCUT2D eigenvalue weighted by Crippen LogP contribution is 2.22. The lowest BCUT2D eigenvalue weighted by Crippen LogP contribution is -2.25. The second-order valence-corrected chi connectivity index (χ2v) is 7.15. The minimum Gasteiger partial charge on any atom is -0.493 e. The Morgan fingerprint density at radius 1 is 1.33 bits per heavy atom. The zero-order valence-corrected chi connectivity index (χ0v) is 16.1.